The fourth-order valence-electron chi connectivity index (χ4n) is 8.72. The third-order valence-electron chi connectivity index (χ3n) is 9.89. The fraction of sp³-hybridized carbons (Fsp3) is 0.517. The van der Waals surface area contributed by atoms with Crippen LogP contribution in [0.2, 0.25) is 0 Å². The molecule has 4 fully saturated rings. The van der Waals surface area contributed by atoms with Gasteiger partial charge in [0.25, 0.3) is 0 Å². The normalized spacial score (nSPS) is 42.4. The largest absolute Gasteiger partial charge is 0.454 e. The molecule has 2 heterocycles. The van der Waals surface area contributed by atoms with Crippen molar-refractivity contribution >= 4 is 29.1 Å². The molecule has 4 aliphatic rings. The molecule has 2 saturated heterocycles. The lowest BCUT2D eigenvalue weighted by Crippen LogP contribution is -2.59. The van der Waals surface area contributed by atoms with E-state index in [4.69, 9.17) is 9.47 Å². The standard InChI is InChI=1S/C29H35NO4P2/c1-26-17-27(2,21-20(26)28(35-3)15-16-29(21,30-28)36-4)23(34-25(32)19-13-9-6-10-14-19)22(26)33-24(31)18-11-7-5-8-12-18/h5-14,20-23,30,35-36H,15-17H2,1-4H3. The van der Waals surface area contributed by atoms with E-state index in [9.17, 15) is 9.59 Å². The van der Waals surface area contributed by atoms with E-state index >= 15 is 0 Å². The Hall–Kier alpha value is -1.80. The Balaban J connectivity index is 1.43. The zero-order valence-electron chi connectivity index (χ0n) is 21.3. The van der Waals surface area contributed by atoms with Gasteiger partial charge >= 0.3 is 11.9 Å². The molecule has 2 aromatic carbocycles. The minimum absolute atomic E-state index is 0.0754. The molecule has 2 aromatic rings. The molecule has 0 amide bonds. The molecule has 2 aliphatic carbocycles. The van der Waals surface area contributed by atoms with Gasteiger partial charge in [0, 0.05) is 21.4 Å². The van der Waals surface area contributed by atoms with Crippen molar-refractivity contribution in [1.82, 2.24) is 5.32 Å². The number of esters is 2. The number of benzene rings is 2. The van der Waals surface area contributed by atoms with Crippen molar-refractivity contribution in [3.63, 3.8) is 0 Å². The molecular formula is C29H35NO4P2. The maximum absolute atomic E-state index is 13.4. The van der Waals surface area contributed by atoms with Crippen LogP contribution in [0.4, 0.5) is 0 Å². The number of ether oxygens (including phenoxy) is 2. The highest BCUT2D eigenvalue weighted by molar-refractivity contribution is 7.40. The summed E-state index contributed by atoms with van der Waals surface area (Å²) in [5.74, 6) is 0.0949. The quantitative estimate of drug-likeness (QED) is 0.400. The average Bonchev–Trinajstić information content (AvgIpc) is 3.58. The Morgan fingerprint density at radius 3 is 1.50 bits per heavy atom. The zero-order valence-corrected chi connectivity index (χ0v) is 23.3. The van der Waals surface area contributed by atoms with Crippen LogP contribution in [0.25, 0.3) is 0 Å². The van der Waals surface area contributed by atoms with E-state index in [-0.39, 0.29) is 33.3 Å². The van der Waals surface area contributed by atoms with Crippen LogP contribution in [0, 0.1) is 22.7 Å². The first kappa shape index (κ1) is 24.5. The molecule has 190 valence electrons. The van der Waals surface area contributed by atoms with Crippen molar-refractivity contribution in [2.45, 2.75) is 55.9 Å². The fourth-order valence-corrected chi connectivity index (χ4v) is 11.9. The van der Waals surface area contributed by atoms with Crippen LogP contribution in [0.3, 0.4) is 0 Å². The topological polar surface area (TPSA) is 64.6 Å². The summed E-state index contributed by atoms with van der Waals surface area (Å²) in [6.45, 7) is 9.23. The molecule has 0 aromatic heterocycles. The van der Waals surface area contributed by atoms with Crippen molar-refractivity contribution < 1.29 is 19.1 Å². The SMILES string of the molecule is CPC12CCC(PC)(N1)C1C2C2(C)CC1(C)C(OC(=O)c1ccccc1)C2OC(=O)c1ccccc1. The maximum Gasteiger partial charge on any atom is 0.338 e. The smallest absolute Gasteiger partial charge is 0.338 e. The molecule has 36 heavy (non-hydrogen) atoms. The van der Waals surface area contributed by atoms with Gasteiger partial charge in [-0.2, -0.15) is 0 Å². The second-order valence-corrected chi connectivity index (χ2v) is 14.4. The maximum atomic E-state index is 13.4. The van der Waals surface area contributed by atoms with Gasteiger partial charge in [0.1, 0.15) is 12.2 Å². The predicted octanol–water partition coefficient (Wildman–Crippen LogP) is 5.51. The first-order valence-corrected chi connectivity index (χ1v) is 15.9. The highest BCUT2D eigenvalue weighted by Gasteiger charge is 2.84. The molecule has 10 atom stereocenters. The lowest BCUT2D eigenvalue weighted by Gasteiger charge is -2.54. The second kappa shape index (κ2) is 8.35. The molecule has 4 bridgehead atoms. The van der Waals surface area contributed by atoms with E-state index in [0.29, 0.717) is 23.0 Å². The van der Waals surface area contributed by atoms with E-state index < -0.39 is 12.2 Å². The summed E-state index contributed by atoms with van der Waals surface area (Å²) in [6, 6.07) is 18.3. The van der Waals surface area contributed by atoms with Gasteiger partial charge in [0.2, 0.25) is 0 Å². The number of carbonyl (C=O) groups is 2. The molecule has 2 aliphatic heterocycles. The lowest BCUT2D eigenvalue weighted by molar-refractivity contribution is -0.133. The van der Waals surface area contributed by atoms with Crippen molar-refractivity contribution in [3.8, 4) is 0 Å². The van der Waals surface area contributed by atoms with E-state index in [1.807, 2.05) is 36.4 Å². The van der Waals surface area contributed by atoms with E-state index in [0.717, 1.165) is 23.6 Å². The highest BCUT2D eigenvalue weighted by Crippen LogP contribution is 2.81. The third-order valence-corrected chi connectivity index (χ3v) is 13.0. The number of hydrogen-bond acceptors (Lipinski definition) is 5. The summed E-state index contributed by atoms with van der Waals surface area (Å²) < 4.78 is 12.8. The predicted molar refractivity (Wildman–Crippen MR) is 145 cm³/mol. The Morgan fingerprint density at radius 2 is 1.14 bits per heavy atom. The van der Waals surface area contributed by atoms with Gasteiger partial charge in [-0.15, -0.1) is 17.2 Å². The molecule has 7 heteroatoms. The number of hydrogen-bond donors (Lipinski definition) is 1. The Labute approximate surface area is 217 Å². The summed E-state index contributed by atoms with van der Waals surface area (Å²) in [6.07, 6.45) is 2.26. The molecule has 1 N–H and O–H groups in total. The molecule has 10 unspecified atom stereocenters. The summed E-state index contributed by atoms with van der Waals surface area (Å²) in [4.78, 5) is 26.7. The lowest BCUT2D eigenvalue weighted by atomic mass is 9.59. The van der Waals surface area contributed by atoms with Crippen LogP contribution in [0.5, 0.6) is 0 Å². The zero-order chi connectivity index (χ0) is 25.3. The monoisotopic (exact) mass is 523 g/mol. The van der Waals surface area contributed by atoms with Gasteiger partial charge in [-0.3, -0.25) is 5.32 Å². The summed E-state index contributed by atoms with van der Waals surface area (Å²) in [7, 11) is 1.53. The van der Waals surface area contributed by atoms with Crippen LogP contribution in [-0.2, 0) is 9.47 Å². The van der Waals surface area contributed by atoms with E-state index in [2.05, 4.69) is 32.5 Å². The number of rotatable bonds is 6. The number of nitrogens with one attached hydrogen (secondary N) is 1. The molecule has 2 saturated carbocycles. The highest BCUT2D eigenvalue weighted by atomic mass is 31.1. The second-order valence-electron chi connectivity index (χ2n) is 11.6. The van der Waals surface area contributed by atoms with Gasteiger partial charge in [0.15, 0.2) is 0 Å². The minimum Gasteiger partial charge on any atom is -0.454 e. The summed E-state index contributed by atoms with van der Waals surface area (Å²) in [5, 5.41) is 4.31. The van der Waals surface area contributed by atoms with Gasteiger partial charge in [-0.25, -0.2) is 9.59 Å². The number of carbonyl (C=O) groups excluding carboxylic acids is 2. The first-order valence-electron chi connectivity index (χ1n) is 12.9. The summed E-state index contributed by atoms with van der Waals surface area (Å²) in [5.41, 5.74) is 0.513. The van der Waals surface area contributed by atoms with E-state index in [1.54, 1.807) is 24.3 Å². The molecule has 5 nitrogen and oxygen atoms in total. The van der Waals surface area contributed by atoms with Crippen LogP contribution in [-0.4, -0.2) is 48.0 Å². The van der Waals surface area contributed by atoms with Crippen molar-refractivity contribution in [2.75, 3.05) is 13.3 Å². The minimum atomic E-state index is -0.490. The molecule has 0 radical (unpaired) electrons. The van der Waals surface area contributed by atoms with Crippen LogP contribution in [0.15, 0.2) is 60.7 Å². The van der Waals surface area contributed by atoms with Gasteiger partial charge in [-0.05, 0) is 68.7 Å². The summed E-state index contributed by atoms with van der Waals surface area (Å²) >= 11 is 0. The molecular weight excluding hydrogens is 488 g/mol. The van der Waals surface area contributed by atoms with E-state index in [1.165, 1.54) is 12.8 Å². The van der Waals surface area contributed by atoms with Gasteiger partial charge in [0.05, 0.1) is 11.1 Å². The van der Waals surface area contributed by atoms with Crippen LogP contribution in [0.1, 0.15) is 53.8 Å². The van der Waals surface area contributed by atoms with Gasteiger partial charge < -0.3 is 9.47 Å². The van der Waals surface area contributed by atoms with Crippen molar-refractivity contribution in [3.05, 3.63) is 71.8 Å². The van der Waals surface area contributed by atoms with Crippen molar-refractivity contribution in [1.29, 1.82) is 0 Å². The van der Waals surface area contributed by atoms with Gasteiger partial charge in [-0.1, -0.05) is 50.2 Å². The Bertz CT molecular complexity index is 1100. The van der Waals surface area contributed by atoms with Crippen LogP contribution < -0.4 is 5.32 Å². The Kier molecular flexibility index (Phi) is 5.69. The average molecular weight is 524 g/mol. The molecule has 6 rings (SSSR count). The van der Waals surface area contributed by atoms with Crippen molar-refractivity contribution in [2.24, 2.45) is 22.7 Å². The first-order chi connectivity index (χ1) is 17.2. The Morgan fingerprint density at radius 1 is 0.750 bits per heavy atom. The molecule has 0 spiro atoms. The third kappa shape index (κ3) is 3.19. The van der Waals surface area contributed by atoms with Crippen LogP contribution >= 0.6 is 17.2 Å². The number of fused-ring (bicyclic) bond motifs is 9.